The predicted molar refractivity (Wildman–Crippen MR) is 96.7 cm³/mol. The van der Waals surface area contributed by atoms with Crippen LogP contribution >= 0.6 is 22.9 Å². The van der Waals surface area contributed by atoms with Crippen LogP contribution in [0.5, 0.6) is 0 Å². The number of hydrogen-bond donors (Lipinski definition) is 2. The molecule has 144 valence electrons. The fraction of sp³-hybridized carbons (Fsp3) is 0.0588. The van der Waals surface area contributed by atoms with Crippen molar-refractivity contribution in [2.45, 2.75) is 6.18 Å². The molecule has 28 heavy (non-hydrogen) atoms. The smallest absolute Gasteiger partial charge is 0.451 e. The summed E-state index contributed by atoms with van der Waals surface area (Å²) in [4.78, 5) is 30.6. The number of anilines is 1. The summed E-state index contributed by atoms with van der Waals surface area (Å²) in [6, 6.07) is 6.46. The van der Waals surface area contributed by atoms with Gasteiger partial charge in [-0.3, -0.25) is 4.79 Å². The number of halogens is 4. The quantitative estimate of drug-likeness (QED) is 0.622. The third-order valence-electron chi connectivity index (χ3n) is 3.53. The number of nitrogens with zero attached hydrogens (tertiary/aromatic N) is 2. The first-order valence-corrected chi connectivity index (χ1v) is 8.74. The van der Waals surface area contributed by atoms with Gasteiger partial charge < -0.3 is 10.4 Å². The number of nitrogens with one attached hydrogen (secondary N) is 1. The lowest BCUT2D eigenvalue weighted by Crippen LogP contribution is -2.17. The standard InChI is InChI=1S/C17H9ClF3N3O3S/c18-10-3-1-8(2-4-10)13-12(15(26)27)11(7-28-13)24-14(25)9-5-22-16(23-6-9)17(19,20)21/h1-7H,(H,24,25)(H,26,27). The Morgan fingerprint density at radius 3 is 2.25 bits per heavy atom. The third kappa shape index (κ3) is 4.12. The second-order valence-electron chi connectivity index (χ2n) is 5.41. The van der Waals surface area contributed by atoms with Crippen molar-refractivity contribution in [3.05, 3.63) is 64.0 Å². The summed E-state index contributed by atoms with van der Waals surface area (Å²) in [5.74, 6) is -3.49. The van der Waals surface area contributed by atoms with Gasteiger partial charge in [0.1, 0.15) is 5.56 Å². The summed E-state index contributed by atoms with van der Waals surface area (Å²) in [5, 5.41) is 13.8. The number of carboxylic acid groups (broad SMARTS) is 1. The van der Waals surface area contributed by atoms with Gasteiger partial charge in [0, 0.05) is 22.8 Å². The molecular formula is C17H9ClF3N3O3S. The summed E-state index contributed by atoms with van der Waals surface area (Å²) in [5.41, 5.74) is 0.203. The van der Waals surface area contributed by atoms with E-state index < -0.39 is 23.9 Å². The average Bonchev–Trinajstić information content (AvgIpc) is 3.05. The van der Waals surface area contributed by atoms with E-state index in [1.165, 1.54) is 5.38 Å². The molecule has 0 aliphatic heterocycles. The zero-order valence-corrected chi connectivity index (χ0v) is 15.2. The number of carboxylic acids is 1. The number of benzene rings is 1. The van der Waals surface area contributed by atoms with Crippen molar-refractivity contribution in [3.8, 4) is 10.4 Å². The van der Waals surface area contributed by atoms with E-state index >= 15 is 0 Å². The van der Waals surface area contributed by atoms with E-state index in [0.29, 0.717) is 15.5 Å². The zero-order chi connectivity index (χ0) is 20.5. The number of amides is 1. The number of carbonyl (C=O) groups excluding carboxylic acids is 1. The molecule has 6 nitrogen and oxygen atoms in total. The van der Waals surface area contributed by atoms with Gasteiger partial charge in [0.05, 0.1) is 16.1 Å². The molecule has 11 heteroatoms. The zero-order valence-electron chi connectivity index (χ0n) is 13.6. The Hall–Kier alpha value is -2.98. The molecule has 2 aromatic heterocycles. The lowest BCUT2D eigenvalue weighted by atomic mass is 10.1. The Kier molecular flexibility index (Phi) is 5.34. The molecule has 1 aromatic carbocycles. The van der Waals surface area contributed by atoms with Gasteiger partial charge in [-0.1, -0.05) is 23.7 Å². The first kappa shape index (κ1) is 19.8. The van der Waals surface area contributed by atoms with E-state index in [9.17, 15) is 27.9 Å². The second kappa shape index (κ2) is 7.56. The molecule has 1 amide bonds. The second-order valence-corrected chi connectivity index (χ2v) is 6.73. The summed E-state index contributed by atoms with van der Waals surface area (Å²) in [6.45, 7) is 0. The maximum absolute atomic E-state index is 12.5. The molecule has 3 aromatic rings. The molecule has 2 N–H and O–H groups in total. The monoisotopic (exact) mass is 427 g/mol. The Balaban J connectivity index is 1.89. The molecule has 0 fully saturated rings. The normalized spacial score (nSPS) is 11.3. The van der Waals surface area contributed by atoms with Gasteiger partial charge in [0.2, 0.25) is 5.82 Å². The van der Waals surface area contributed by atoms with Crippen molar-refractivity contribution in [2.24, 2.45) is 0 Å². The number of alkyl halides is 3. The molecule has 0 unspecified atom stereocenters. The minimum Gasteiger partial charge on any atom is -0.478 e. The molecular weight excluding hydrogens is 419 g/mol. The van der Waals surface area contributed by atoms with Crippen LogP contribution in [-0.2, 0) is 6.18 Å². The molecule has 0 spiro atoms. The maximum atomic E-state index is 12.5. The number of hydrogen-bond acceptors (Lipinski definition) is 5. The largest absolute Gasteiger partial charge is 0.478 e. The Morgan fingerprint density at radius 1 is 1.11 bits per heavy atom. The van der Waals surface area contributed by atoms with E-state index in [1.807, 2.05) is 0 Å². The summed E-state index contributed by atoms with van der Waals surface area (Å²) < 4.78 is 37.5. The van der Waals surface area contributed by atoms with Crippen molar-refractivity contribution in [3.63, 3.8) is 0 Å². The molecule has 0 radical (unpaired) electrons. The van der Waals surface area contributed by atoms with E-state index in [1.54, 1.807) is 24.3 Å². The van der Waals surface area contributed by atoms with Crippen LogP contribution in [0.25, 0.3) is 10.4 Å². The van der Waals surface area contributed by atoms with E-state index in [-0.39, 0.29) is 16.8 Å². The van der Waals surface area contributed by atoms with E-state index in [4.69, 9.17) is 11.6 Å². The van der Waals surface area contributed by atoms with Crippen molar-refractivity contribution >= 4 is 40.5 Å². The fourth-order valence-electron chi connectivity index (χ4n) is 2.26. The number of thiophene rings is 1. The lowest BCUT2D eigenvalue weighted by Gasteiger charge is -2.07. The molecule has 0 bridgehead atoms. The van der Waals surface area contributed by atoms with E-state index in [2.05, 4.69) is 15.3 Å². The Bertz CT molecular complexity index is 1030. The number of rotatable bonds is 4. The van der Waals surface area contributed by atoms with Gasteiger partial charge in [0.15, 0.2) is 0 Å². The highest BCUT2D eigenvalue weighted by Gasteiger charge is 2.34. The molecule has 0 saturated heterocycles. The van der Waals surface area contributed by atoms with Crippen molar-refractivity contribution < 1.29 is 27.9 Å². The van der Waals surface area contributed by atoms with Gasteiger partial charge in [-0.15, -0.1) is 11.3 Å². The SMILES string of the molecule is O=C(Nc1csc(-c2ccc(Cl)cc2)c1C(=O)O)c1cnc(C(F)(F)F)nc1. The lowest BCUT2D eigenvalue weighted by molar-refractivity contribution is -0.145. The van der Waals surface area contributed by atoms with Gasteiger partial charge >= 0.3 is 12.1 Å². The van der Waals surface area contributed by atoms with Crippen LogP contribution in [0.4, 0.5) is 18.9 Å². The van der Waals surface area contributed by atoms with Crippen LogP contribution < -0.4 is 5.32 Å². The molecule has 0 atom stereocenters. The summed E-state index contributed by atoms with van der Waals surface area (Å²) in [6.07, 6.45) is -3.29. The first-order valence-electron chi connectivity index (χ1n) is 7.48. The van der Waals surface area contributed by atoms with Crippen molar-refractivity contribution in [2.75, 3.05) is 5.32 Å². The fourth-order valence-corrected chi connectivity index (χ4v) is 3.39. The topological polar surface area (TPSA) is 92.2 Å². The van der Waals surface area contributed by atoms with Crippen LogP contribution in [0, 0.1) is 0 Å². The number of aromatic nitrogens is 2. The summed E-state index contributed by atoms with van der Waals surface area (Å²) in [7, 11) is 0. The molecule has 0 aliphatic rings. The van der Waals surface area contributed by atoms with E-state index in [0.717, 1.165) is 23.7 Å². The Morgan fingerprint density at radius 2 is 1.71 bits per heavy atom. The van der Waals surface area contributed by atoms with Crippen LogP contribution in [-0.4, -0.2) is 27.0 Å². The average molecular weight is 428 g/mol. The minimum absolute atomic E-state index is 0.00680. The van der Waals surface area contributed by atoms with Gasteiger partial charge in [-0.25, -0.2) is 14.8 Å². The Labute approximate surface area is 164 Å². The number of carbonyl (C=O) groups is 2. The molecule has 2 heterocycles. The highest BCUT2D eigenvalue weighted by molar-refractivity contribution is 7.14. The maximum Gasteiger partial charge on any atom is 0.451 e. The minimum atomic E-state index is -4.73. The van der Waals surface area contributed by atoms with Crippen LogP contribution in [0.2, 0.25) is 5.02 Å². The highest BCUT2D eigenvalue weighted by atomic mass is 35.5. The molecule has 3 rings (SSSR count). The van der Waals surface area contributed by atoms with Gasteiger partial charge in [0.25, 0.3) is 5.91 Å². The molecule has 0 aliphatic carbocycles. The van der Waals surface area contributed by atoms with Crippen LogP contribution in [0.15, 0.2) is 42.0 Å². The highest BCUT2D eigenvalue weighted by Crippen LogP contribution is 2.36. The van der Waals surface area contributed by atoms with Gasteiger partial charge in [-0.05, 0) is 17.7 Å². The predicted octanol–water partition coefficient (Wildman–Crippen LogP) is 4.83. The first-order chi connectivity index (χ1) is 13.2. The van der Waals surface area contributed by atoms with Crippen LogP contribution in [0.3, 0.4) is 0 Å². The van der Waals surface area contributed by atoms with Crippen molar-refractivity contribution in [1.82, 2.24) is 9.97 Å². The number of aromatic carboxylic acids is 1. The van der Waals surface area contributed by atoms with Crippen LogP contribution in [0.1, 0.15) is 26.5 Å². The van der Waals surface area contributed by atoms with Crippen molar-refractivity contribution in [1.29, 1.82) is 0 Å². The van der Waals surface area contributed by atoms with Gasteiger partial charge in [-0.2, -0.15) is 13.2 Å². The third-order valence-corrected chi connectivity index (χ3v) is 4.81. The molecule has 0 saturated carbocycles. The summed E-state index contributed by atoms with van der Waals surface area (Å²) >= 11 is 6.92.